The van der Waals surface area contributed by atoms with Crippen LogP contribution in [0.2, 0.25) is 0 Å². The van der Waals surface area contributed by atoms with Crippen molar-refractivity contribution in [1.82, 2.24) is 10.7 Å². The molecule has 1 aromatic rings. The summed E-state index contributed by atoms with van der Waals surface area (Å²) in [5.74, 6) is 2.75. The second-order valence-corrected chi connectivity index (χ2v) is 8.73. The van der Waals surface area contributed by atoms with Crippen molar-refractivity contribution in [2.24, 2.45) is 22.9 Å². The molecule has 0 unspecified atom stereocenters. The molecule has 1 aromatic carbocycles. The Bertz CT molecular complexity index is 657. The number of thiocarbonyl (C=S) groups is 1. The Kier molecular flexibility index (Phi) is 4.63. The van der Waals surface area contributed by atoms with Crippen molar-refractivity contribution in [3.05, 3.63) is 41.5 Å². The maximum atomic E-state index is 5.52. The normalized spacial score (nSPS) is 33.6. The molecule has 25 heavy (non-hydrogen) atoms. The van der Waals surface area contributed by atoms with Crippen LogP contribution in [0, 0.1) is 17.8 Å². The molecule has 0 heterocycles. The van der Waals surface area contributed by atoms with Gasteiger partial charge < -0.3 is 5.32 Å². The lowest BCUT2D eigenvalue weighted by molar-refractivity contribution is -0.0101. The number of nitrogens with zero attached hydrogens (tertiary/aromatic N) is 1. The molecular formula is C21H27N3S. The zero-order valence-electron chi connectivity index (χ0n) is 14.9. The molecule has 4 aliphatic rings. The van der Waals surface area contributed by atoms with Crippen LogP contribution in [0.4, 0.5) is 0 Å². The molecule has 2 N–H and O–H groups in total. The molecule has 4 bridgehead atoms. The van der Waals surface area contributed by atoms with Gasteiger partial charge in [0.05, 0.1) is 6.21 Å². The Balaban J connectivity index is 1.31. The summed E-state index contributed by atoms with van der Waals surface area (Å²) in [6.07, 6.45) is 12.2. The summed E-state index contributed by atoms with van der Waals surface area (Å²) in [4.78, 5) is 0. The largest absolute Gasteiger partial charge is 0.356 e. The lowest BCUT2D eigenvalue weighted by Gasteiger charge is -2.57. The third kappa shape index (κ3) is 3.95. The first-order chi connectivity index (χ1) is 12.1. The van der Waals surface area contributed by atoms with Gasteiger partial charge in [0.25, 0.3) is 0 Å². The van der Waals surface area contributed by atoms with E-state index in [1.54, 1.807) is 0 Å². The molecule has 0 spiro atoms. The van der Waals surface area contributed by atoms with Gasteiger partial charge in [0.2, 0.25) is 0 Å². The van der Waals surface area contributed by atoms with Crippen LogP contribution in [0.1, 0.15) is 51.0 Å². The third-order valence-corrected chi connectivity index (χ3v) is 6.24. The molecule has 4 heteroatoms. The number of benzene rings is 1. The summed E-state index contributed by atoms with van der Waals surface area (Å²) in [6, 6.07) is 10.3. The maximum absolute atomic E-state index is 5.52. The van der Waals surface area contributed by atoms with Crippen LogP contribution in [0.25, 0.3) is 6.08 Å². The lowest BCUT2D eigenvalue weighted by atomic mass is 9.53. The maximum Gasteiger partial charge on any atom is 0.187 e. The number of hydrogen-bond acceptors (Lipinski definition) is 2. The number of hydrogen-bond donors (Lipinski definition) is 2. The summed E-state index contributed by atoms with van der Waals surface area (Å²) in [6.45, 7) is 2.05. The summed E-state index contributed by atoms with van der Waals surface area (Å²) in [5, 5.41) is 8.63. The van der Waals surface area contributed by atoms with E-state index in [9.17, 15) is 0 Å². The topological polar surface area (TPSA) is 36.4 Å². The average molecular weight is 354 g/mol. The minimum absolute atomic E-state index is 0.239. The number of rotatable bonds is 4. The van der Waals surface area contributed by atoms with Gasteiger partial charge >= 0.3 is 0 Å². The highest BCUT2D eigenvalue weighted by Crippen LogP contribution is 2.55. The summed E-state index contributed by atoms with van der Waals surface area (Å²) >= 11 is 5.52. The van der Waals surface area contributed by atoms with Crippen LogP contribution in [0.5, 0.6) is 0 Å². The Hall–Kier alpha value is -1.68. The number of hydrazone groups is 1. The van der Waals surface area contributed by atoms with Gasteiger partial charge in [-0.1, -0.05) is 36.4 Å². The Morgan fingerprint density at radius 1 is 1.08 bits per heavy atom. The van der Waals surface area contributed by atoms with Crippen LogP contribution >= 0.6 is 12.2 Å². The van der Waals surface area contributed by atoms with Gasteiger partial charge in [-0.15, -0.1) is 0 Å². The van der Waals surface area contributed by atoms with E-state index in [0.717, 1.165) is 23.3 Å². The van der Waals surface area contributed by atoms with E-state index in [2.05, 4.69) is 34.1 Å². The van der Waals surface area contributed by atoms with Crippen molar-refractivity contribution >= 4 is 29.6 Å². The minimum atomic E-state index is 0.239. The number of nitrogens with one attached hydrogen (secondary N) is 2. The van der Waals surface area contributed by atoms with Crippen LogP contribution < -0.4 is 10.7 Å². The SMILES string of the molecule is CC(/C=N\NC(=S)NC12CC3CC(CC(C3)C1)C2)=C\c1ccccc1. The predicted molar refractivity (Wildman–Crippen MR) is 108 cm³/mol. The van der Waals surface area contributed by atoms with E-state index >= 15 is 0 Å². The fraction of sp³-hybridized carbons (Fsp3) is 0.524. The quantitative estimate of drug-likeness (QED) is 0.475. The fourth-order valence-electron chi connectivity index (χ4n) is 5.57. The van der Waals surface area contributed by atoms with Crippen molar-refractivity contribution in [3.8, 4) is 0 Å². The third-order valence-electron chi connectivity index (χ3n) is 6.05. The van der Waals surface area contributed by atoms with Crippen molar-refractivity contribution in [2.75, 3.05) is 0 Å². The van der Waals surface area contributed by atoms with E-state index in [-0.39, 0.29) is 5.54 Å². The Labute approximate surface area is 156 Å². The number of allylic oxidation sites excluding steroid dienone is 1. The van der Waals surface area contributed by atoms with Gasteiger partial charge in [-0.2, -0.15) is 5.10 Å². The van der Waals surface area contributed by atoms with E-state index in [0.29, 0.717) is 5.11 Å². The van der Waals surface area contributed by atoms with E-state index in [1.807, 2.05) is 31.3 Å². The van der Waals surface area contributed by atoms with Crippen LogP contribution in [0.3, 0.4) is 0 Å². The molecular weight excluding hydrogens is 326 g/mol. The molecule has 0 atom stereocenters. The van der Waals surface area contributed by atoms with Gasteiger partial charge in [0.15, 0.2) is 5.11 Å². The minimum Gasteiger partial charge on any atom is -0.356 e. The molecule has 4 aliphatic carbocycles. The molecule has 0 radical (unpaired) electrons. The zero-order chi connectivity index (χ0) is 17.3. The molecule has 4 saturated carbocycles. The average Bonchev–Trinajstić information content (AvgIpc) is 2.53. The van der Waals surface area contributed by atoms with E-state index < -0.39 is 0 Å². The van der Waals surface area contributed by atoms with Crippen molar-refractivity contribution in [3.63, 3.8) is 0 Å². The molecule has 3 nitrogen and oxygen atoms in total. The van der Waals surface area contributed by atoms with Gasteiger partial charge in [-0.05, 0) is 86.6 Å². The van der Waals surface area contributed by atoms with Crippen LogP contribution in [-0.2, 0) is 0 Å². The molecule has 0 amide bonds. The highest BCUT2D eigenvalue weighted by atomic mass is 32.1. The van der Waals surface area contributed by atoms with Gasteiger partial charge in [0, 0.05) is 5.54 Å². The molecule has 5 rings (SSSR count). The highest BCUT2D eigenvalue weighted by molar-refractivity contribution is 7.80. The van der Waals surface area contributed by atoms with E-state index in [4.69, 9.17) is 12.2 Å². The fourth-order valence-corrected chi connectivity index (χ4v) is 5.84. The molecule has 0 aliphatic heterocycles. The van der Waals surface area contributed by atoms with Gasteiger partial charge in [0.1, 0.15) is 0 Å². The lowest BCUT2D eigenvalue weighted by Crippen LogP contribution is -2.61. The van der Waals surface area contributed by atoms with Crippen molar-refractivity contribution < 1.29 is 0 Å². The monoisotopic (exact) mass is 353 g/mol. The van der Waals surface area contributed by atoms with Gasteiger partial charge in [-0.25, -0.2) is 0 Å². The van der Waals surface area contributed by atoms with Crippen LogP contribution in [-0.4, -0.2) is 16.9 Å². The highest BCUT2D eigenvalue weighted by Gasteiger charge is 2.51. The van der Waals surface area contributed by atoms with Crippen LogP contribution in [0.15, 0.2) is 41.0 Å². The molecule has 132 valence electrons. The van der Waals surface area contributed by atoms with Gasteiger partial charge in [-0.3, -0.25) is 5.43 Å². The second-order valence-electron chi connectivity index (χ2n) is 8.32. The summed E-state index contributed by atoms with van der Waals surface area (Å²) in [7, 11) is 0. The molecule has 0 saturated heterocycles. The standard InChI is InChI=1S/C21H27N3S/c1-15(7-16-5-3-2-4-6-16)14-22-24-20(25)23-21-11-17-8-18(12-21)10-19(9-17)13-21/h2-7,14,17-19H,8-13H2,1H3,(H2,23,24,25)/b15-7+,22-14-. The first kappa shape index (κ1) is 16.8. The predicted octanol–water partition coefficient (Wildman–Crippen LogP) is 4.51. The second kappa shape index (κ2) is 6.91. The summed E-state index contributed by atoms with van der Waals surface area (Å²) in [5.41, 5.74) is 5.54. The molecule has 0 aromatic heterocycles. The first-order valence-electron chi connectivity index (χ1n) is 9.45. The summed E-state index contributed by atoms with van der Waals surface area (Å²) < 4.78 is 0. The zero-order valence-corrected chi connectivity index (χ0v) is 15.7. The molecule has 4 fully saturated rings. The Morgan fingerprint density at radius 2 is 1.68 bits per heavy atom. The van der Waals surface area contributed by atoms with Crippen molar-refractivity contribution in [2.45, 2.75) is 51.0 Å². The van der Waals surface area contributed by atoms with E-state index in [1.165, 1.54) is 44.1 Å². The Morgan fingerprint density at radius 3 is 2.28 bits per heavy atom. The van der Waals surface area contributed by atoms with Crippen molar-refractivity contribution in [1.29, 1.82) is 0 Å². The first-order valence-corrected chi connectivity index (χ1v) is 9.86. The smallest absolute Gasteiger partial charge is 0.187 e.